The number of carbonyl (C=O) groups excluding carboxylic acids is 2. The standard InChI is InChI=1S/C24H25FN2O2/c1-4-21(29)27-19-12-8-7-11-17(19)26-18-13-24(2,3)14-20(28)22(18)23(27)15-9-5-6-10-16(15)25/h5-12,23,26H,4,13-14H2,1-3H3/t23-/m1/s1. The number of anilines is 2. The highest BCUT2D eigenvalue weighted by atomic mass is 19.1. The lowest BCUT2D eigenvalue weighted by Gasteiger charge is -2.37. The Balaban J connectivity index is 2.04. The molecule has 0 saturated carbocycles. The van der Waals surface area contributed by atoms with Crippen LogP contribution in [-0.2, 0) is 9.59 Å². The van der Waals surface area contributed by atoms with Crippen molar-refractivity contribution in [2.45, 2.75) is 46.1 Å². The van der Waals surface area contributed by atoms with Gasteiger partial charge in [-0.15, -0.1) is 0 Å². The van der Waals surface area contributed by atoms with Gasteiger partial charge in [-0.05, 0) is 30.0 Å². The second kappa shape index (κ2) is 7.14. The van der Waals surface area contributed by atoms with E-state index in [9.17, 15) is 14.0 Å². The summed E-state index contributed by atoms with van der Waals surface area (Å²) < 4.78 is 15.0. The number of amides is 1. The first-order chi connectivity index (χ1) is 13.8. The number of nitrogens with one attached hydrogen (secondary N) is 1. The lowest BCUT2D eigenvalue weighted by molar-refractivity contribution is -0.119. The zero-order chi connectivity index (χ0) is 20.8. The molecular weight excluding hydrogens is 367 g/mol. The summed E-state index contributed by atoms with van der Waals surface area (Å²) in [5.74, 6) is -0.618. The van der Waals surface area contributed by atoms with Gasteiger partial charge in [-0.1, -0.05) is 51.1 Å². The molecule has 1 aliphatic heterocycles. The van der Waals surface area contributed by atoms with Crippen LogP contribution in [0, 0.1) is 11.2 Å². The zero-order valence-electron chi connectivity index (χ0n) is 17.0. The highest BCUT2D eigenvalue weighted by Crippen LogP contribution is 2.48. The maximum Gasteiger partial charge on any atom is 0.227 e. The van der Waals surface area contributed by atoms with Crippen LogP contribution in [0.3, 0.4) is 0 Å². The number of hydrogen-bond donors (Lipinski definition) is 1. The third-order valence-electron chi connectivity index (χ3n) is 5.67. The first-order valence-electron chi connectivity index (χ1n) is 10.0. The van der Waals surface area contributed by atoms with Crippen LogP contribution in [0.5, 0.6) is 0 Å². The zero-order valence-corrected chi connectivity index (χ0v) is 17.0. The van der Waals surface area contributed by atoms with Gasteiger partial charge in [0.25, 0.3) is 0 Å². The molecule has 1 atom stereocenters. The van der Waals surface area contributed by atoms with Crippen molar-refractivity contribution in [2.75, 3.05) is 10.2 Å². The van der Waals surface area contributed by atoms with Crippen molar-refractivity contribution in [3.05, 3.63) is 71.2 Å². The molecule has 1 aliphatic carbocycles. The molecule has 1 amide bonds. The molecule has 2 aromatic carbocycles. The summed E-state index contributed by atoms with van der Waals surface area (Å²) in [7, 11) is 0. The number of para-hydroxylation sites is 2. The molecule has 0 aromatic heterocycles. The topological polar surface area (TPSA) is 49.4 Å². The molecule has 4 nitrogen and oxygen atoms in total. The summed E-state index contributed by atoms with van der Waals surface area (Å²) in [6, 6.07) is 13.1. The van der Waals surface area contributed by atoms with E-state index in [4.69, 9.17) is 0 Å². The number of fused-ring (bicyclic) bond motifs is 1. The van der Waals surface area contributed by atoms with E-state index in [0.29, 0.717) is 29.7 Å². The fraction of sp³-hybridized carbons (Fsp3) is 0.333. The van der Waals surface area contributed by atoms with Gasteiger partial charge >= 0.3 is 0 Å². The van der Waals surface area contributed by atoms with Crippen molar-refractivity contribution in [1.82, 2.24) is 0 Å². The van der Waals surface area contributed by atoms with Gasteiger partial charge in [0.15, 0.2) is 5.78 Å². The second-order valence-electron chi connectivity index (χ2n) is 8.52. The maximum atomic E-state index is 15.0. The number of allylic oxidation sites excluding steroid dienone is 1. The average molecular weight is 392 g/mol. The average Bonchev–Trinajstić information content (AvgIpc) is 2.81. The van der Waals surface area contributed by atoms with Crippen LogP contribution in [0.25, 0.3) is 0 Å². The van der Waals surface area contributed by atoms with Crippen molar-refractivity contribution >= 4 is 23.1 Å². The normalized spacial score (nSPS) is 20.5. The van der Waals surface area contributed by atoms with Gasteiger partial charge in [0.2, 0.25) is 5.91 Å². The van der Waals surface area contributed by atoms with Gasteiger partial charge in [0.05, 0.1) is 17.4 Å². The van der Waals surface area contributed by atoms with Gasteiger partial charge in [-0.3, -0.25) is 14.5 Å². The predicted molar refractivity (Wildman–Crippen MR) is 112 cm³/mol. The van der Waals surface area contributed by atoms with Crippen molar-refractivity contribution in [1.29, 1.82) is 0 Å². The van der Waals surface area contributed by atoms with Gasteiger partial charge < -0.3 is 5.32 Å². The Labute approximate surface area is 170 Å². The number of ketones is 1. The fourth-order valence-electron chi connectivity index (χ4n) is 4.42. The van der Waals surface area contributed by atoms with E-state index in [-0.39, 0.29) is 23.5 Å². The number of halogens is 1. The number of nitrogens with zero attached hydrogens (tertiary/aromatic N) is 1. The minimum Gasteiger partial charge on any atom is -0.357 e. The van der Waals surface area contributed by atoms with E-state index in [2.05, 4.69) is 19.2 Å². The molecule has 0 spiro atoms. The Morgan fingerprint density at radius 2 is 1.83 bits per heavy atom. The molecule has 0 unspecified atom stereocenters. The molecule has 0 saturated heterocycles. The SMILES string of the molecule is CCC(=O)N1c2ccccc2NC2=C(C(=O)CC(C)(C)C2)[C@H]1c1ccccc1F. The second-order valence-corrected chi connectivity index (χ2v) is 8.52. The summed E-state index contributed by atoms with van der Waals surface area (Å²) in [6.45, 7) is 5.89. The molecular formula is C24H25FN2O2. The summed E-state index contributed by atoms with van der Waals surface area (Å²) >= 11 is 0. The number of hydrogen-bond acceptors (Lipinski definition) is 3. The predicted octanol–water partition coefficient (Wildman–Crippen LogP) is 5.38. The minimum absolute atomic E-state index is 0.0429. The fourth-order valence-corrected chi connectivity index (χ4v) is 4.42. The highest BCUT2D eigenvalue weighted by molar-refractivity contribution is 6.06. The molecule has 2 aliphatic rings. The van der Waals surface area contributed by atoms with Crippen molar-refractivity contribution in [3.63, 3.8) is 0 Å². The monoisotopic (exact) mass is 392 g/mol. The van der Waals surface area contributed by atoms with Crippen molar-refractivity contribution < 1.29 is 14.0 Å². The number of Topliss-reactive ketones (excluding diaryl/α,β-unsaturated/α-hetero) is 1. The Hall–Kier alpha value is -2.95. The lowest BCUT2D eigenvalue weighted by Crippen LogP contribution is -2.39. The van der Waals surface area contributed by atoms with Crippen LogP contribution in [0.4, 0.5) is 15.8 Å². The van der Waals surface area contributed by atoms with Crippen LogP contribution in [-0.4, -0.2) is 11.7 Å². The quantitative estimate of drug-likeness (QED) is 0.747. The Morgan fingerprint density at radius 1 is 1.14 bits per heavy atom. The molecule has 5 heteroatoms. The van der Waals surface area contributed by atoms with Gasteiger partial charge in [-0.25, -0.2) is 4.39 Å². The highest BCUT2D eigenvalue weighted by Gasteiger charge is 2.43. The molecule has 150 valence electrons. The van der Waals surface area contributed by atoms with Crippen LogP contribution in [0.1, 0.15) is 51.6 Å². The van der Waals surface area contributed by atoms with E-state index in [0.717, 1.165) is 11.4 Å². The molecule has 2 aromatic rings. The van der Waals surface area contributed by atoms with Crippen LogP contribution in [0.2, 0.25) is 0 Å². The van der Waals surface area contributed by atoms with E-state index < -0.39 is 11.9 Å². The first kappa shape index (κ1) is 19.4. The summed E-state index contributed by atoms with van der Waals surface area (Å²) in [5, 5.41) is 3.42. The van der Waals surface area contributed by atoms with Gasteiger partial charge in [0.1, 0.15) is 5.82 Å². The molecule has 0 bridgehead atoms. The Morgan fingerprint density at radius 3 is 2.55 bits per heavy atom. The van der Waals surface area contributed by atoms with Crippen LogP contribution in [0.15, 0.2) is 59.8 Å². The van der Waals surface area contributed by atoms with Crippen molar-refractivity contribution in [3.8, 4) is 0 Å². The van der Waals surface area contributed by atoms with Crippen molar-refractivity contribution in [2.24, 2.45) is 5.41 Å². The van der Waals surface area contributed by atoms with E-state index in [1.165, 1.54) is 6.07 Å². The number of benzene rings is 2. The van der Waals surface area contributed by atoms with Crippen LogP contribution >= 0.6 is 0 Å². The van der Waals surface area contributed by atoms with E-state index in [1.54, 1.807) is 30.0 Å². The molecule has 1 N–H and O–H groups in total. The third kappa shape index (κ3) is 3.35. The van der Waals surface area contributed by atoms with Gasteiger partial charge in [-0.2, -0.15) is 0 Å². The van der Waals surface area contributed by atoms with Gasteiger partial charge in [0, 0.05) is 29.7 Å². The first-order valence-corrected chi connectivity index (χ1v) is 10.0. The molecule has 0 radical (unpaired) electrons. The Bertz CT molecular complexity index is 1030. The Kier molecular flexibility index (Phi) is 4.77. The largest absolute Gasteiger partial charge is 0.357 e. The summed E-state index contributed by atoms with van der Waals surface area (Å²) in [4.78, 5) is 28.1. The molecule has 4 rings (SSSR count). The summed E-state index contributed by atoms with van der Waals surface area (Å²) in [6.07, 6.45) is 1.27. The van der Waals surface area contributed by atoms with Crippen LogP contribution < -0.4 is 10.2 Å². The number of rotatable bonds is 2. The van der Waals surface area contributed by atoms with E-state index in [1.807, 2.05) is 24.3 Å². The molecule has 1 heterocycles. The third-order valence-corrected chi connectivity index (χ3v) is 5.67. The molecule has 29 heavy (non-hydrogen) atoms. The smallest absolute Gasteiger partial charge is 0.227 e. The minimum atomic E-state index is -0.793. The van der Waals surface area contributed by atoms with E-state index >= 15 is 0 Å². The summed E-state index contributed by atoms with van der Waals surface area (Å²) in [5.41, 5.74) is 2.82. The maximum absolute atomic E-state index is 15.0. The number of carbonyl (C=O) groups is 2. The lowest BCUT2D eigenvalue weighted by atomic mass is 9.73. The molecule has 0 fully saturated rings.